The lowest BCUT2D eigenvalue weighted by atomic mass is 10.2. The molecule has 0 unspecified atom stereocenters. The van der Waals surface area contributed by atoms with Gasteiger partial charge in [0.05, 0.1) is 0 Å². The summed E-state index contributed by atoms with van der Waals surface area (Å²) < 4.78 is 4.75. The molecule has 6 nitrogen and oxygen atoms in total. The smallest absolute Gasteiger partial charge is 0.431 e. The molecule has 0 heterocycles. The summed E-state index contributed by atoms with van der Waals surface area (Å²) in [6, 6.07) is 0. The van der Waals surface area contributed by atoms with Crippen LogP contribution in [0.2, 0.25) is 0 Å². The third kappa shape index (κ3) is 8.61. The topological polar surface area (TPSA) is 84.9 Å². The fourth-order valence-electron chi connectivity index (χ4n) is 0.456. The van der Waals surface area contributed by atoms with Crippen LogP contribution < -0.4 is 5.48 Å². The van der Waals surface area contributed by atoms with Crippen LogP contribution in [0.1, 0.15) is 20.8 Å². The van der Waals surface area contributed by atoms with Gasteiger partial charge in [-0.1, -0.05) is 0 Å². The summed E-state index contributed by atoms with van der Waals surface area (Å²) in [5.41, 5.74) is 1.20. The number of ether oxygens (including phenoxy) is 1. The maximum atomic E-state index is 10.8. The molecule has 0 rings (SSSR count). The van der Waals surface area contributed by atoms with Gasteiger partial charge >= 0.3 is 12.1 Å². The van der Waals surface area contributed by atoms with Crippen molar-refractivity contribution in [1.82, 2.24) is 5.48 Å². The number of hydroxylamine groups is 1. The van der Waals surface area contributed by atoms with Crippen molar-refractivity contribution in [3.05, 3.63) is 0 Å². The summed E-state index contributed by atoms with van der Waals surface area (Å²) in [4.78, 5) is 25.0. The Labute approximate surface area is 75.8 Å². The molecule has 0 aromatic rings. The number of rotatable bonds is 3. The number of amides is 1. The van der Waals surface area contributed by atoms with Gasteiger partial charge in [-0.15, -0.1) is 0 Å². The third-order valence-corrected chi connectivity index (χ3v) is 0.750. The zero-order valence-electron chi connectivity index (χ0n) is 7.79. The van der Waals surface area contributed by atoms with Crippen LogP contribution in [0.3, 0.4) is 0 Å². The quantitative estimate of drug-likeness (QED) is 0.635. The molecule has 0 bridgehead atoms. The molecule has 2 N–H and O–H groups in total. The molecule has 1 amide bonds. The highest BCUT2D eigenvalue weighted by Crippen LogP contribution is 2.05. The summed E-state index contributed by atoms with van der Waals surface area (Å²) in [7, 11) is 0. The van der Waals surface area contributed by atoms with Gasteiger partial charge in [0.1, 0.15) is 5.60 Å². The molecule has 0 spiro atoms. The molecule has 0 saturated carbocycles. The Morgan fingerprint density at radius 3 is 2.31 bits per heavy atom. The molecule has 0 aliphatic carbocycles. The van der Waals surface area contributed by atoms with Crippen molar-refractivity contribution < 1.29 is 24.3 Å². The predicted octanol–water partition coefficient (Wildman–Crippen LogP) is 0.527. The van der Waals surface area contributed by atoms with Crippen molar-refractivity contribution in [3.8, 4) is 0 Å². The van der Waals surface area contributed by atoms with E-state index < -0.39 is 24.3 Å². The second-order valence-electron chi connectivity index (χ2n) is 3.29. The molecule has 0 saturated heterocycles. The Morgan fingerprint density at radius 1 is 1.38 bits per heavy atom. The molecule has 0 aliphatic rings. The number of carbonyl (C=O) groups is 2. The summed E-state index contributed by atoms with van der Waals surface area (Å²) in [5, 5.41) is 8.14. The van der Waals surface area contributed by atoms with E-state index in [2.05, 4.69) is 4.84 Å². The first-order valence-corrected chi connectivity index (χ1v) is 3.64. The third-order valence-electron chi connectivity index (χ3n) is 0.750. The van der Waals surface area contributed by atoms with Crippen LogP contribution in [0.25, 0.3) is 0 Å². The first kappa shape index (κ1) is 11.7. The number of hydrogen-bond donors (Lipinski definition) is 2. The summed E-state index contributed by atoms with van der Waals surface area (Å²) in [5.74, 6) is -1.17. The van der Waals surface area contributed by atoms with Crippen molar-refractivity contribution in [1.29, 1.82) is 0 Å². The van der Waals surface area contributed by atoms with Crippen LogP contribution in [0.15, 0.2) is 0 Å². The fraction of sp³-hybridized carbons (Fsp3) is 0.714. The lowest BCUT2D eigenvalue weighted by Crippen LogP contribution is -2.33. The highest BCUT2D eigenvalue weighted by Gasteiger charge is 2.16. The Kier molecular flexibility index (Phi) is 4.19. The molecule has 0 atom stereocenters. The van der Waals surface area contributed by atoms with Crippen LogP contribution >= 0.6 is 0 Å². The zero-order chi connectivity index (χ0) is 10.5. The normalized spacial score (nSPS) is 10.7. The second-order valence-corrected chi connectivity index (χ2v) is 3.29. The number of nitrogens with one attached hydrogen (secondary N) is 1. The van der Waals surface area contributed by atoms with Gasteiger partial charge in [-0.05, 0) is 20.8 Å². The van der Waals surface area contributed by atoms with Crippen LogP contribution in [-0.2, 0) is 14.4 Å². The molecule has 0 aromatic heterocycles. The molecule has 76 valence electrons. The van der Waals surface area contributed by atoms with Crippen LogP contribution in [0, 0.1) is 0 Å². The molecule has 6 heteroatoms. The minimum Gasteiger partial charge on any atom is -0.479 e. The van der Waals surface area contributed by atoms with Gasteiger partial charge in [-0.2, -0.15) is 5.48 Å². The zero-order valence-corrected chi connectivity index (χ0v) is 7.79. The van der Waals surface area contributed by atoms with E-state index in [1.807, 2.05) is 5.48 Å². The van der Waals surface area contributed by atoms with Gasteiger partial charge < -0.3 is 9.84 Å². The Balaban J connectivity index is 3.59. The van der Waals surface area contributed by atoms with E-state index >= 15 is 0 Å². The molecule has 0 aromatic carbocycles. The summed E-state index contributed by atoms with van der Waals surface area (Å²) >= 11 is 0. The SMILES string of the molecule is CC(C)(C)OC(=O)NOCC(=O)O. The second kappa shape index (κ2) is 4.66. The van der Waals surface area contributed by atoms with E-state index in [1.165, 1.54) is 0 Å². The van der Waals surface area contributed by atoms with E-state index in [0.717, 1.165) is 0 Å². The lowest BCUT2D eigenvalue weighted by molar-refractivity contribution is -0.144. The molecular formula is C7H13NO5. The van der Waals surface area contributed by atoms with Crippen molar-refractivity contribution >= 4 is 12.1 Å². The monoisotopic (exact) mass is 191 g/mol. The van der Waals surface area contributed by atoms with Gasteiger partial charge in [0.15, 0.2) is 6.61 Å². The van der Waals surface area contributed by atoms with Crippen molar-refractivity contribution in [2.45, 2.75) is 26.4 Å². The Bertz CT molecular complexity index is 196. The summed E-state index contributed by atoms with van der Waals surface area (Å²) in [6.45, 7) is 4.45. The summed E-state index contributed by atoms with van der Waals surface area (Å²) in [6.07, 6.45) is -0.811. The molecule has 0 radical (unpaired) electrons. The highest BCUT2D eigenvalue weighted by molar-refractivity contribution is 5.69. The Morgan fingerprint density at radius 2 is 1.92 bits per heavy atom. The van der Waals surface area contributed by atoms with Gasteiger partial charge in [0.25, 0.3) is 0 Å². The van der Waals surface area contributed by atoms with Crippen molar-refractivity contribution in [2.75, 3.05) is 6.61 Å². The fourth-order valence-corrected chi connectivity index (χ4v) is 0.456. The highest BCUT2D eigenvalue weighted by atomic mass is 16.7. The molecule has 0 aliphatic heterocycles. The van der Waals surface area contributed by atoms with Gasteiger partial charge in [0.2, 0.25) is 0 Å². The van der Waals surface area contributed by atoms with Gasteiger partial charge in [-0.3, -0.25) is 4.84 Å². The van der Waals surface area contributed by atoms with Gasteiger partial charge in [0, 0.05) is 0 Å². The van der Waals surface area contributed by atoms with Crippen molar-refractivity contribution in [2.24, 2.45) is 0 Å². The number of aliphatic carboxylic acids is 1. The standard InChI is InChI=1S/C7H13NO5/c1-7(2,3)13-6(11)8-12-4-5(9)10/h4H2,1-3H3,(H,8,11)(H,9,10). The molecule has 0 fully saturated rings. The van der Waals surface area contributed by atoms with E-state index in [9.17, 15) is 9.59 Å². The van der Waals surface area contributed by atoms with E-state index in [1.54, 1.807) is 20.8 Å². The molecular weight excluding hydrogens is 178 g/mol. The van der Waals surface area contributed by atoms with Crippen LogP contribution in [0.5, 0.6) is 0 Å². The molecule has 13 heavy (non-hydrogen) atoms. The predicted molar refractivity (Wildman–Crippen MR) is 43.0 cm³/mol. The number of carboxylic acids is 1. The van der Waals surface area contributed by atoms with Crippen LogP contribution in [-0.4, -0.2) is 29.4 Å². The minimum atomic E-state index is -1.17. The van der Waals surface area contributed by atoms with Gasteiger partial charge in [-0.25, -0.2) is 9.59 Å². The number of hydrogen-bond acceptors (Lipinski definition) is 4. The first-order valence-electron chi connectivity index (χ1n) is 3.64. The number of carbonyl (C=O) groups excluding carboxylic acids is 1. The Hall–Kier alpha value is -1.30. The van der Waals surface area contributed by atoms with E-state index in [0.29, 0.717) is 0 Å². The number of carboxylic acid groups (broad SMARTS) is 1. The average Bonchev–Trinajstić information content (AvgIpc) is 1.81. The van der Waals surface area contributed by atoms with E-state index in [-0.39, 0.29) is 0 Å². The van der Waals surface area contributed by atoms with Crippen molar-refractivity contribution in [3.63, 3.8) is 0 Å². The van der Waals surface area contributed by atoms with E-state index in [4.69, 9.17) is 9.84 Å². The average molecular weight is 191 g/mol. The maximum Gasteiger partial charge on any atom is 0.431 e. The van der Waals surface area contributed by atoms with Crippen LogP contribution in [0.4, 0.5) is 4.79 Å². The largest absolute Gasteiger partial charge is 0.479 e. The maximum absolute atomic E-state index is 10.8. The minimum absolute atomic E-state index is 0.598. The first-order chi connectivity index (χ1) is 5.81. The lowest BCUT2D eigenvalue weighted by Gasteiger charge is -2.19.